The highest BCUT2D eigenvalue weighted by atomic mass is 16.1. The van der Waals surface area contributed by atoms with E-state index in [0.717, 1.165) is 44.9 Å². The molecule has 0 heterocycles. The van der Waals surface area contributed by atoms with Gasteiger partial charge in [-0.15, -0.1) is 12.3 Å². The number of carbonyl (C=O) groups excluding carboxylic acids is 2. The van der Waals surface area contributed by atoms with Gasteiger partial charge in [-0.05, 0) is 61.9 Å². The van der Waals surface area contributed by atoms with Crippen LogP contribution in [0.4, 0.5) is 0 Å². The van der Waals surface area contributed by atoms with E-state index in [1.807, 2.05) is 6.08 Å². The van der Waals surface area contributed by atoms with E-state index in [1.54, 1.807) is 0 Å². The number of carbonyl (C=O) groups is 2. The number of hydrogen-bond acceptors (Lipinski definition) is 2. The number of Topliss-reactive ketones (excluding diaryl/α,β-unsaturated/α-hetero) is 1. The largest absolute Gasteiger partial charge is 0.299 e. The lowest BCUT2D eigenvalue weighted by atomic mass is 9.44. The van der Waals surface area contributed by atoms with E-state index in [4.69, 9.17) is 6.42 Å². The third-order valence-corrected chi connectivity index (χ3v) is 8.16. The van der Waals surface area contributed by atoms with Crippen molar-refractivity contribution >= 4 is 11.6 Å². The van der Waals surface area contributed by atoms with Crippen molar-refractivity contribution in [2.75, 3.05) is 0 Å². The van der Waals surface area contributed by atoms with E-state index in [2.05, 4.69) is 19.8 Å². The van der Waals surface area contributed by atoms with Gasteiger partial charge in [-0.3, -0.25) is 9.59 Å². The molecule has 0 saturated heterocycles. The Hall–Kier alpha value is -1.36. The molecule has 0 aromatic carbocycles. The number of fused-ring (bicyclic) bond motifs is 5. The summed E-state index contributed by atoms with van der Waals surface area (Å²) in [6, 6.07) is 0. The molecule has 0 aromatic rings. The summed E-state index contributed by atoms with van der Waals surface area (Å²) in [4.78, 5) is 24.6. The lowest BCUT2D eigenvalue weighted by Crippen LogP contribution is -2.54. The van der Waals surface area contributed by atoms with Gasteiger partial charge in [-0.1, -0.05) is 19.4 Å². The molecule has 3 fully saturated rings. The van der Waals surface area contributed by atoms with Gasteiger partial charge in [-0.25, -0.2) is 0 Å². The first-order valence-electron chi connectivity index (χ1n) is 9.63. The van der Waals surface area contributed by atoms with E-state index < -0.39 is 0 Å². The van der Waals surface area contributed by atoms with Crippen LogP contribution in [-0.2, 0) is 9.59 Å². The molecule has 0 radical (unpaired) electrons. The average molecular weight is 324 g/mol. The summed E-state index contributed by atoms with van der Waals surface area (Å²) in [7, 11) is 0. The van der Waals surface area contributed by atoms with Gasteiger partial charge in [0, 0.05) is 30.1 Å². The van der Waals surface area contributed by atoms with Crippen molar-refractivity contribution in [2.24, 2.45) is 34.5 Å². The van der Waals surface area contributed by atoms with Crippen LogP contribution in [-0.4, -0.2) is 11.6 Å². The number of terminal acetylenes is 1. The van der Waals surface area contributed by atoms with Gasteiger partial charge in [0.25, 0.3) is 0 Å². The average Bonchev–Trinajstić information content (AvgIpc) is 2.84. The quantitative estimate of drug-likeness (QED) is 0.673. The predicted molar refractivity (Wildman–Crippen MR) is 94.0 cm³/mol. The summed E-state index contributed by atoms with van der Waals surface area (Å²) in [5, 5.41) is 0. The van der Waals surface area contributed by atoms with Gasteiger partial charge in [0.15, 0.2) is 5.78 Å². The Morgan fingerprint density at radius 3 is 2.75 bits per heavy atom. The van der Waals surface area contributed by atoms with Crippen LogP contribution < -0.4 is 0 Å². The Morgan fingerprint density at radius 1 is 1.21 bits per heavy atom. The van der Waals surface area contributed by atoms with Gasteiger partial charge in [-0.2, -0.15) is 0 Å². The van der Waals surface area contributed by atoms with Crippen molar-refractivity contribution in [3.8, 4) is 12.3 Å². The van der Waals surface area contributed by atoms with Crippen molar-refractivity contribution < 1.29 is 9.59 Å². The van der Waals surface area contributed by atoms with Crippen LogP contribution >= 0.6 is 0 Å². The summed E-state index contributed by atoms with van der Waals surface area (Å²) >= 11 is 0. The number of allylic oxidation sites excluding steroid dienone is 1. The van der Waals surface area contributed by atoms with Crippen LogP contribution in [0.25, 0.3) is 0 Å². The van der Waals surface area contributed by atoms with Crippen LogP contribution in [0.5, 0.6) is 0 Å². The minimum Gasteiger partial charge on any atom is -0.299 e. The van der Waals surface area contributed by atoms with Crippen LogP contribution in [0.2, 0.25) is 0 Å². The van der Waals surface area contributed by atoms with Crippen LogP contribution in [0.15, 0.2) is 11.6 Å². The van der Waals surface area contributed by atoms with Gasteiger partial charge in [0.05, 0.1) is 0 Å². The fourth-order valence-corrected chi connectivity index (χ4v) is 7.01. The molecule has 24 heavy (non-hydrogen) atoms. The summed E-state index contributed by atoms with van der Waals surface area (Å²) in [5.41, 5.74) is 1.27. The first kappa shape index (κ1) is 16.1. The third kappa shape index (κ3) is 1.97. The Labute approximate surface area is 145 Å². The number of ketones is 2. The zero-order valence-corrected chi connectivity index (χ0v) is 14.9. The Balaban J connectivity index is 1.79. The SMILES string of the molecule is C#CC[C@]12CCC(=O)C=C1C[C@@H](C)[C@@H]1[C@@H]2CC[C@]2(C)C(=O)CC[C@@H]12. The molecule has 3 saturated carbocycles. The molecule has 2 nitrogen and oxygen atoms in total. The van der Waals surface area contributed by atoms with E-state index in [9.17, 15) is 9.59 Å². The van der Waals surface area contributed by atoms with Gasteiger partial charge >= 0.3 is 0 Å². The molecule has 2 heteroatoms. The van der Waals surface area contributed by atoms with Crippen molar-refractivity contribution in [1.29, 1.82) is 0 Å². The molecule has 4 aliphatic rings. The smallest absolute Gasteiger partial charge is 0.155 e. The molecule has 0 aromatic heterocycles. The highest BCUT2D eigenvalue weighted by Crippen LogP contribution is 2.66. The fourth-order valence-electron chi connectivity index (χ4n) is 7.01. The first-order chi connectivity index (χ1) is 11.4. The maximum atomic E-state index is 12.6. The zero-order chi connectivity index (χ0) is 17.1. The van der Waals surface area contributed by atoms with E-state index >= 15 is 0 Å². The van der Waals surface area contributed by atoms with E-state index in [0.29, 0.717) is 35.9 Å². The summed E-state index contributed by atoms with van der Waals surface area (Å²) in [5.74, 6) is 5.94. The standard InChI is InChI=1S/C22H28O2/c1-4-9-22-11-7-16(23)13-15(22)12-14(2)20-17-5-6-19(24)21(17,3)10-8-18(20)22/h1,13-14,17-18,20H,5-12H2,2-3H3/t14-,17+,18+,20+,21+,22+/m1/s1. The normalized spacial score (nSPS) is 47.3. The highest BCUT2D eigenvalue weighted by Gasteiger charge is 2.61. The summed E-state index contributed by atoms with van der Waals surface area (Å²) < 4.78 is 0. The van der Waals surface area contributed by atoms with E-state index in [-0.39, 0.29) is 16.6 Å². The lowest BCUT2D eigenvalue weighted by Gasteiger charge is -2.59. The second-order valence-corrected chi connectivity index (χ2v) is 9.06. The maximum Gasteiger partial charge on any atom is 0.155 e. The molecule has 0 aliphatic heterocycles. The van der Waals surface area contributed by atoms with Crippen molar-refractivity contribution in [3.63, 3.8) is 0 Å². The molecule has 0 N–H and O–H groups in total. The van der Waals surface area contributed by atoms with Gasteiger partial charge < -0.3 is 0 Å². The van der Waals surface area contributed by atoms with Crippen molar-refractivity contribution in [1.82, 2.24) is 0 Å². The number of rotatable bonds is 1. The Morgan fingerprint density at radius 2 is 2.00 bits per heavy atom. The molecule has 0 unspecified atom stereocenters. The van der Waals surface area contributed by atoms with E-state index in [1.165, 1.54) is 5.57 Å². The molecule has 4 rings (SSSR count). The molecule has 6 atom stereocenters. The summed E-state index contributed by atoms with van der Waals surface area (Å²) in [6.45, 7) is 4.56. The van der Waals surface area contributed by atoms with Crippen LogP contribution in [0.3, 0.4) is 0 Å². The molecular formula is C22H28O2. The second-order valence-electron chi connectivity index (χ2n) is 9.06. The van der Waals surface area contributed by atoms with Crippen molar-refractivity contribution in [3.05, 3.63) is 11.6 Å². The molecule has 4 aliphatic carbocycles. The fraction of sp³-hybridized carbons (Fsp3) is 0.727. The number of hydrogen-bond donors (Lipinski definition) is 0. The molecule has 128 valence electrons. The van der Waals surface area contributed by atoms with Crippen LogP contribution in [0.1, 0.15) is 65.2 Å². The predicted octanol–water partition coefficient (Wildman–Crippen LogP) is 4.34. The van der Waals surface area contributed by atoms with Crippen molar-refractivity contribution in [2.45, 2.75) is 65.2 Å². The summed E-state index contributed by atoms with van der Waals surface area (Å²) in [6.07, 6.45) is 15.0. The Kier molecular flexibility index (Phi) is 3.57. The first-order valence-corrected chi connectivity index (χ1v) is 9.63. The third-order valence-electron chi connectivity index (χ3n) is 8.16. The lowest BCUT2D eigenvalue weighted by molar-refractivity contribution is -0.135. The minimum atomic E-state index is -0.0987. The monoisotopic (exact) mass is 324 g/mol. The molecule has 0 amide bonds. The van der Waals surface area contributed by atoms with Crippen LogP contribution in [0, 0.1) is 46.8 Å². The maximum absolute atomic E-state index is 12.6. The topological polar surface area (TPSA) is 34.1 Å². The zero-order valence-electron chi connectivity index (χ0n) is 14.9. The molecular weight excluding hydrogens is 296 g/mol. The Bertz CT molecular complexity index is 666. The second kappa shape index (κ2) is 5.32. The minimum absolute atomic E-state index is 0.0345. The molecule has 0 bridgehead atoms. The highest BCUT2D eigenvalue weighted by molar-refractivity contribution is 5.92. The van der Waals surface area contributed by atoms with Gasteiger partial charge in [0.2, 0.25) is 0 Å². The van der Waals surface area contributed by atoms with Gasteiger partial charge in [0.1, 0.15) is 5.78 Å². The molecule has 0 spiro atoms.